The van der Waals surface area contributed by atoms with Crippen molar-refractivity contribution in [3.8, 4) is 61.3 Å². The van der Waals surface area contributed by atoms with E-state index in [-0.39, 0.29) is 35.3 Å². The highest BCUT2D eigenvalue weighted by Gasteiger charge is 2.20. The molecule has 0 radical (unpaired) electrons. The number of anilines is 3. The van der Waals surface area contributed by atoms with Crippen LogP contribution in [-0.4, -0.2) is 4.57 Å². The van der Waals surface area contributed by atoms with Crippen LogP contribution in [0.25, 0.3) is 105 Å². The van der Waals surface area contributed by atoms with Gasteiger partial charge < -0.3 is 9.47 Å². The van der Waals surface area contributed by atoms with Gasteiger partial charge in [0, 0.05) is 38.9 Å². The van der Waals surface area contributed by atoms with E-state index in [0.29, 0.717) is 22.5 Å². The van der Waals surface area contributed by atoms with Gasteiger partial charge in [-0.3, -0.25) is 0 Å². The van der Waals surface area contributed by atoms with Gasteiger partial charge in [0.25, 0.3) is 0 Å². The number of nitrogens with zero attached hydrogens (tertiary/aromatic N) is 2. The van der Waals surface area contributed by atoms with Gasteiger partial charge in [-0.05, 0) is 132 Å². The Kier molecular flexibility index (Phi) is 7.89. The van der Waals surface area contributed by atoms with E-state index in [1.165, 1.54) is 43.4 Å². The van der Waals surface area contributed by atoms with Crippen molar-refractivity contribution >= 4 is 60.4 Å². The number of rotatable bonds is 9. The van der Waals surface area contributed by atoms with Gasteiger partial charge in [-0.25, -0.2) is 0 Å². The highest BCUT2D eigenvalue weighted by atomic mass is 15.1. The van der Waals surface area contributed by atoms with E-state index in [0.717, 1.165) is 44.7 Å². The molecule has 0 atom stereocenters. The molecule has 1 heterocycles. The number of hydrogen-bond donors (Lipinski definition) is 0. The first-order chi connectivity index (χ1) is 38.9. The third kappa shape index (κ3) is 7.31. The van der Waals surface area contributed by atoms with E-state index in [9.17, 15) is 0 Å². The average Bonchev–Trinajstić information content (AvgIpc) is 3.88. The molecule has 0 aliphatic carbocycles. The Balaban J connectivity index is 0.866. The normalized spacial score (nSPS) is 13.4. The zero-order valence-electron chi connectivity index (χ0n) is 47.7. The van der Waals surface area contributed by atoms with Crippen LogP contribution in [0.3, 0.4) is 0 Å². The molecule has 12 aromatic carbocycles. The summed E-state index contributed by atoms with van der Waals surface area (Å²) in [5.74, 6) is 0. The van der Waals surface area contributed by atoms with Crippen molar-refractivity contribution in [2.75, 3.05) is 4.90 Å². The Morgan fingerprint density at radius 2 is 0.657 bits per heavy atom. The first kappa shape index (κ1) is 31.7. The van der Waals surface area contributed by atoms with Crippen LogP contribution in [0.1, 0.15) is 13.7 Å². The van der Waals surface area contributed by atoms with E-state index in [1.54, 1.807) is 24.3 Å². The molecule has 0 saturated carbocycles. The SMILES string of the molecule is [2H]c1c([2H])c([2H])c(-c2ccc(N(c3ccc(-c4ccc(-c5ccc6c(c5)c5c7ccccc7c7ccccc7c5n6-c5ccc(-c6ccccc6)cc5)cc4)cc3)c3ccc(-c4c([2H])c([2H])c([2H])c([2H])c4[2H])cc3)cc2)c([2H])c1[2H]. The molecule has 0 fully saturated rings. The lowest BCUT2D eigenvalue weighted by Crippen LogP contribution is -2.09. The van der Waals surface area contributed by atoms with Gasteiger partial charge >= 0.3 is 0 Å². The van der Waals surface area contributed by atoms with Crippen LogP contribution in [0.15, 0.2) is 279 Å². The van der Waals surface area contributed by atoms with Gasteiger partial charge in [-0.2, -0.15) is 0 Å². The second-order valence-electron chi connectivity index (χ2n) is 17.3. The van der Waals surface area contributed by atoms with E-state index < -0.39 is 36.3 Å². The smallest absolute Gasteiger partial charge is 0.0629 e. The van der Waals surface area contributed by atoms with Crippen LogP contribution in [0.2, 0.25) is 0 Å². The molecule has 70 heavy (non-hydrogen) atoms. The Hall–Kier alpha value is -9.24. The molecule has 328 valence electrons. The molecule has 13 rings (SSSR count). The van der Waals surface area contributed by atoms with Crippen LogP contribution >= 0.6 is 0 Å². The van der Waals surface area contributed by atoms with Crippen molar-refractivity contribution in [2.45, 2.75) is 0 Å². The monoisotopic (exact) mass is 900 g/mol. The highest BCUT2D eigenvalue weighted by Crippen LogP contribution is 2.44. The number of aromatic nitrogens is 1. The fourth-order valence-corrected chi connectivity index (χ4v) is 10.0. The summed E-state index contributed by atoms with van der Waals surface area (Å²) in [7, 11) is 0. The molecule has 2 heteroatoms. The minimum atomic E-state index is -0.458. The molecule has 0 saturated heterocycles. The van der Waals surface area contributed by atoms with Gasteiger partial charge in [-0.15, -0.1) is 0 Å². The van der Waals surface area contributed by atoms with Crippen molar-refractivity contribution in [2.24, 2.45) is 0 Å². The average molecular weight is 901 g/mol. The van der Waals surface area contributed by atoms with E-state index >= 15 is 0 Å². The largest absolute Gasteiger partial charge is 0.311 e. The van der Waals surface area contributed by atoms with Crippen molar-refractivity contribution in [1.29, 1.82) is 0 Å². The molecule has 2 nitrogen and oxygen atoms in total. The van der Waals surface area contributed by atoms with Crippen LogP contribution in [0.4, 0.5) is 17.1 Å². The molecule has 0 spiro atoms. The Morgan fingerprint density at radius 3 is 1.17 bits per heavy atom. The summed E-state index contributed by atoms with van der Waals surface area (Å²) in [6, 6.07) is 70.8. The standard InChI is InChI=1S/C68H46N2/c1-4-14-47(15-5-1)51-28-37-57(38-29-51)69(58-39-30-52(31-40-58)48-16-6-2-7-17-48)59-41-32-54(33-42-59)50-24-26-55(27-25-50)56-36-45-66-65(46-56)67-63-22-12-10-20-61(63)62-21-11-13-23-64(62)68(67)70(66)60-43-34-53(35-44-60)49-18-8-3-9-19-49/h1-46H/i1D,2D,4D,5D,6D,7D,14D,15D,16D,17D. The van der Waals surface area contributed by atoms with E-state index in [1.807, 2.05) is 47.4 Å². The second-order valence-corrected chi connectivity index (χ2v) is 17.3. The lowest BCUT2D eigenvalue weighted by atomic mass is 9.95. The van der Waals surface area contributed by atoms with Gasteiger partial charge in [0.2, 0.25) is 0 Å². The fraction of sp³-hybridized carbons (Fsp3) is 0. The fourth-order valence-electron chi connectivity index (χ4n) is 10.0. The van der Waals surface area contributed by atoms with Crippen LogP contribution in [-0.2, 0) is 0 Å². The zero-order valence-corrected chi connectivity index (χ0v) is 37.7. The lowest BCUT2D eigenvalue weighted by molar-refractivity contribution is 1.19. The summed E-state index contributed by atoms with van der Waals surface area (Å²) in [4.78, 5) is 2.00. The van der Waals surface area contributed by atoms with Crippen molar-refractivity contribution in [1.82, 2.24) is 4.57 Å². The molecule has 0 bridgehead atoms. The topological polar surface area (TPSA) is 8.17 Å². The quantitative estimate of drug-likeness (QED) is 0.131. The minimum absolute atomic E-state index is 0.101. The maximum atomic E-state index is 8.60. The van der Waals surface area contributed by atoms with Crippen molar-refractivity contribution in [3.63, 3.8) is 0 Å². The van der Waals surface area contributed by atoms with Crippen LogP contribution < -0.4 is 4.90 Å². The molecule has 0 unspecified atom stereocenters. The predicted molar refractivity (Wildman–Crippen MR) is 298 cm³/mol. The minimum Gasteiger partial charge on any atom is -0.311 e. The Bertz CT molecular complexity index is 4430. The van der Waals surface area contributed by atoms with E-state index in [2.05, 4.69) is 156 Å². The first-order valence-electron chi connectivity index (χ1n) is 28.3. The molecular formula is C68H46N2. The summed E-state index contributed by atoms with van der Waals surface area (Å²) >= 11 is 0. The van der Waals surface area contributed by atoms with Crippen LogP contribution in [0.5, 0.6) is 0 Å². The molecule has 0 N–H and O–H groups in total. The molecular weight excluding hydrogens is 845 g/mol. The molecule has 13 aromatic rings. The molecule has 0 amide bonds. The lowest BCUT2D eigenvalue weighted by Gasteiger charge is -2.26. The Morgan fingerprint density at radius 1 is 0.286 bits per heavy atom. The number of benzene rings is 12. The van der Waals surface area contributed by atoms with Gasteiger partial charge in [0.05, 0.1) is 24.7 Å². The summed E-state index contributed by atoms with van der Waals surface area (Å²) in [6.45, 7) is 0. The third-order valence-electron chi connectivity index (χ3n) is 13.4. The predicted octanol–water partition coefficient (Wildman–Crippen LogP) is 18.9. The molecule has 0 aliphatic heterocycles. The number of hydrogen-bond acceptors (Lipinski definition) is 1. The van der Waals surface area contributed by atoms with Gasteiger partial charge in [-0.1, -0.05) is 218 Å². The zero-order chi connectivity index (χ0) is 55.1. The maximum Gasteiger partial charge on any atom is 0.0629 e. The molecule has 0 aliphatic rings. The second kappa shape index (κ2) is 17.4. The van der Waals surface area contributed by atoms with Crippen molar-refractivity contribution < 1.29 is 13.7 Å². The summed E-state index contributed by atoms with van der Waals surface area (Å²) < 4.78 is 86.0. The van der Waals surface area contributed by atoms with Crippen molar-refractivity contribution in [3.05, 3.63) is 279 Å². The van der Waals surface area contributed by atoms with E-state index in [4.69, 9.17) is 13.7 Å². The van der Waals surface area contributed by atoms with Crippen LogP contribution in [0, 0.1) is 0 Å². The summed E-state index contributed by atoms with van der Waals surface area (Å²) in [5.41, 5.74) is 13.2. The molecule has 1 aromatic heterocycles. The number of fused-ring (bicyclic) bond motifs is 8. The Labute approximate surface area is 422 Å². The highest BCUT2D eigenvalue weighted by molar-refractivity contribution is 6.32. The first-order valence-corrected chi connectivity index (χ1v) is 23.3. The van der Waals surface area contributed by atoms with Gasteiger partial charge in [0.1, 0.15) is 0 Å². The maximum absolute atomic E-state index is 8.60. The summed E-state index contributed by atoms with van der Waals surface area (Å²) in [5, 5.41) is 7.21. The summed E-state index contributed by atoms with van der Waals surface area (Å²) in [6.07, 6.45) is 0. The third-order valence-corrected chi connectivity index (χ3v) is 13.4. The van der Waals surface area contributed by atoms with Gasteiger partial charge in [0.15, 0.2) is 0 Å².